The zero-order valence-corrected chi connectivity index (χ0v) is 29.9. The highest BCUT2D eigenvalue weighted by Crippen LogP contribution is 2.34. The van der Waals surface area contributed by atoms with Crippen LogP contribution < -0.4 is 15.4 Å². The normalized spacial score (nSPS) is 19.2. The second-order valence-corrected chi connectivity index (χ2v) is 13.8. The molecule has 0 saturated carbocycles. The molecule has 0 aliphatic carbocycles. The number of pyridine rings is 1. The highest BCUT2D eigenvalue weighted by Gasteiger charge is 2.41. The Morgan fingerprint density at radius 2 is 1.83 bits per heavy atom. The molecular formula is C39H49F2N5O6. The molecule has 0 spiro atoms. The molecule has 2 aromatic heterocycles. The molecule has 0 bridgehead atoms. The first-order chi connectivity index (χ1) is 24.9. The number of carbonyl (C=O) groups excluding carboxylic acids is 2. The van der Waals surface area contributed by atoms with E-state index in [0.717, 1.165) is 28.7 Å². The summed E-state index contributed by atoms with van der Waals surface area (Å²) in [5.41, 5.74) is 2.18. The second-order valence-electron chi connectivity index (χ2n) is 13.8. The molecule has 1 unspecified atom stereocenters. The number of piperazine rings is 1. The summed E-state index contributed by atoms with van der Waals surface area (Å²) in [5, 5.41) is 26.2. The van der Waals surface area contributed by atoms with Gasteiger partial charge in [-0.05, 0) is 56.0 Å². The van der Waals surface area contributed by atoms with Gasteiger partial charge in [0.05, 0.1) is 24.3 Å². The molecular weight excluding hydrogens is 672 g/mol. The molecule has 2 aliphatic heterocycles. The minimum atomic E-state index is -2.68. The zero-order valence-electron chi connectivity index (χ0n) is 29.9. The van der Waals surface area contributed by atoms with Crippen LogP contribution in [0.25, 0.3) is 11.0 Å². The van der Waals surface area contributed by atoms with Crippen LogP contribution >= 0.6 is 0 Å². The van der Waals surface area contributed by atoms with E-state index in [1.165, 1.54) is 0 Å². The van der Waals surface area contributed by atoms with Crippen LogP contribution in [0.5, 0.6) is 5.75 Å². The molecule has 2 aromatic carbocycles. The number of carbonyl (C=O) groups is 2. The number of β-amino-alcohol motifs (C(OH)–C–C–N with tert-alkyl or cyclic N) is 1. The highest BCUT2D eigenvalue weighted by molar-refractivity contribution is 5.82. The van der Waals surface area contributed by atoms with Crippen molar-refractivity contribution in [3.63, 3.8) is 0 Å². The first kappa shape index (κ1) is 38.8. The van der Waals surface area contributed by atoms with Crippen LogP contribution in [0.15, 0.2) is 83.5 Å². The standard InChI is InChI=1S/C30H39F2N5O4.C9H10O2/c1-30(2,26-15-22-16-34-10-9-25(22)41-26)37-12-11-36(24(19-37)29(40)35-17-27(31)32)18-23(38)14-21(28(39)33-3)13-20-7-5-4-6-8-20;10-8-5-7-3-1-2-4-9(7)11-6-8/h4-10,15-16,21,23-24,27,38H,11-14,17-19H2,1-3H3,(H,33,39)(H,35,40);1-4,8,10H,5-6H2/t21-,23?,24+;8-/m10/s1. The monoisotopic (exact) mass is 721 g/mol. The van der Waals surface area contributed by atoms with Gasteiger partial charge in [-0.1, -0.05) is 48.5 Å². The fourth-order valence-corrected chi connectivity index (χ4v) is 6.80. The molecule has 11 nitrogen and oxygen atoms in total. The van der Waals surface area contributed by atoms with Crippen molar-refractivity contribution in [2.75, 3.05) is 46.4 Å². The van der Waals surface area contributed by atoms with Crippen molar-refractivity contribution in [2.24, 2.45) is 5.92 Å². The fourth-order valence-electron chi connectivity index (χ4n) is 6.80. The van der Waals surface area contributed by atoms with Gasteiger partial charge in [0.2, 0.25) is 11.8 Å². The Morgan fingerprint density at radius 3 is 2.56 bits per heavy atom. The SMILES string of the molecule is CNC(=O)[C@H](Cc1ccccc1)CC(O)CN1CCN(C(C)(C)c2cc3cnccc3o2)C[C@H]1C(=O)NCC(F)F.O[C@@H]1COc2ccccc2C1. The highest BCUT2D eigenvalue weighted by atomic mass is 19.3. The van der Waals surface area contributed by atoms with Crippen LogP contribution in [-0.2, 0) is 28.0 Å². The Hall–Kier alpha value is -4.43. The average molecular weight is 722 g/mol. The number of hydrogen-bond donors (Lipinski definition) is 4. The molecule has 4 aromatic rings. The van der Waals surface area contributed by atoms with Gasteiger partial charge < -0.3 is 30.0 Å². The molecule has 2 amide bonds. The Labute approximate surface area is 303 Å². The third kappa shape index (κ3) is 10.1. The number of amides is 2. The van der Waals surface area contributed by atoms with Crippen molar-refractivity contribution in [1.82, 2.24) is 25.4 Å². The van der Waals surface area contributed by atoms with Gasteiger partial charge in [0.15, 0.2) is 0 Å². The van der Waals surface area contributed by atoms with E-state index in [4.69, 9.17) is 9.15 Å². The van der Waals surface area contributed by atoms with Crippen LogP contribution in [0.1, 0.15) is 37.2 Å². The van der Waals surface area contributed by atoms with Crippen molar-refractivity contribution in [2.45, 2.75) is 63.3 Å². The van der Waals surface area contributed by atoms with E-state index in [2.05, 4.69) is 20.5 Å². The molecule has 1 saturated heterocycles. The van der Waals surface area contributed by atoms with Gasteiger partial charge >= 0.3 is 0 Å². The Bertz CT molecular complexity index is 1720. The van der Waals surface area contributed by atoms with Gasteiger partial charge in [-0.2, -0.15) is 0 Å². The molecule has 4 N–H and O–H groups in total. The number of furan rings is 1. The first-order valence-electron chi connectivity index (χ1n) is 17.7. The number of alkyl halides is 2. The summed E-state index contributed by atoms with van der Waals surface area (Å²) in [6.07, 6.45) is 0.843. The summed E-state index contributed by atoms with van der Waals surface area (Å²) in [7, 11) is 1.57. The van der Waals surface area contributed by atoms with Crippen molar-refractivity contribution >= 4 is 22.8 Å². The van der Waals surface area contributed by atoms with Crippen LogP contribution in [0.4, 0.5) is 8.78 Å². The lowest BCUT2D eigenvalue weighted by molar-refractivity contribution is -0.133. The summed E-state index contributed by atoms with van der Waals surface area (Å²) < 4.78 is 37.3. The third-order valence-electron chi connectivity index (χ3n) is 9.74. The molecule has 13 heteroatoms. The minimum absolute atomic E-state index is 0.125. The van der Waals surface area contributed by atoms with E-state index in [-0.39, 0.29) is 31.5 Å². The van der Waals surface area contributed by atoms with Gasteiger partial charge in [0, 0.05) is 63.3 Å². The van der Waals surface area contributed by atoms with Crippen LogP contribution in [0, 0.1) is 5.92 Å². The average Bonchev–Trinajstić information content (AvgIpc) is 3.59. The molecule has 1 fully saturated rings. The number of halogens is 2. The smallest absolute Gasteiger partial charge is 0.255 e. The summed E-state index contributed by atoms with van der Waals surface area (Å²) in [6.45, 7) is 5.00. The van der Waals surface area contributed by atoms with Crippen LogP contribution in [0.2, 0.25) is 0 Å². The van der Waals surface area contributed by atoms with E-state index in [1.807, 2.05) is 79.4 Å². The number of aliphatic hydroxyl groups is 2. The maximum atomic E-state index is 13.2. The molecule has 4 heterocycles. The molecule has 52 heavy (non-hydrogen) atoms. The van der Waals surface area contributed by atoms with E-state index in [1.54, 1.807) is 25.5 Å². The number of ether oxygens (including phenoxy) is 1. The molecule has 6 rings (SSSR count). The molecule has 0 radical (unpaired) electrons. The van der Waals surface area contributed by atoms with Crippen molar-refractivity contribution in [3.8, 4) is 5.75 Å². The number of aliphatic hydroxyl groups excluding tert-OH is 2. The lowest BCUT2D eigenvalue weighted by atomic mass is 9.92. The third-order valence-corrected chi connectivity index (χ3v) is 9.74. The quantitative estimate of drug-likeness (QED) is 0.172. The number of nitrogens with zero attached hydrogens (tertiary/aromatic N) is 3. The maximum Gasteiger partial charge on any atom is 0.255 e. The zero-order chi connectivity index (χ0) is 37.3. The second kappa shape index (κ2) is 17.9. The summed E-state index contributed by atoms with van der Waals surface area (Å²) >= 11 is 0. The van der Waals surface area contributed by atoms with E-state index >= 15 is 0 Å². The van der Waals surface area contributed by atoms with Crippen molar-refractivity contribution in [3.05, 3.63) is 96.0 Å². The van der Waals surface area contributed by atoms with Crippen molar-refractivity contribution < 1.29 is 37.7 Å². The number of nitrogens with one attached hydrogen (secondary N) is 2. The van der Waals surface area contributed by atoms with E-state index in [0.29, 0.717) is 37.5 Å². The Morgan fingerprint density at radius 1 is 1.08 bits per heavy atom. The molecule has 4 atom stereocenters. The number of para-hydroxylation sites is 1. The van der Waals surface area contributed by atoms with Crippen molar-refractivity contribution in [1.29, 1.82) is 0 Å². The fraction of sp³-hybridized carbons (Fsp3) is 0.462. The largest absolute Gasteiger partial charge is 0.491 e. The number of benzene rings is 2. The molecule has 280 valence electrons. The number of rotatable bonds is 12. The lowest BCUT2D eigenvalue weighted by Gasteiger charge is -2.47. The lowest BCUT2D eigenvalue weighted by Crippen LogP contribution is -2.63. The predicted octanol–water partition coefficient (Wildman–Crippen LogP) is 3.77. The summed E-state index contributed by atoms with van der Waals surface area (Å²) in [4.78, 5) is 33.9. The Balaban J connectivity index is 0.000000401. The topological polar surface area (TPSA) is 140 Å². The number of hydrogen-bond acceptors (Lipinski definition) is 9. The molecule has 2 aliphatic rings. The number of fused-ring (bicyclic) bond motifs is 2. The maximum absolute atomic E-state index is 13.2. The van der Waals surface area contributed by atoms with Crippen LogP contribution in [0.3, 0.4) is 0 Å². The first-order valence-corrected chi connectivity index (χ1v) is 17.7. The van der Waals surface area contributed by atoms with Crippen LogP contribution in [-0.4, -0.2) is 108 Å². The summed E-state index contributed by atoms with van der Waals surface area (Å²) in [6, 6.07) is 20.3. The van der Waals surface area contributed by atoms with Gasteiger partial charge in [-0.3, -0.25) is 24.4 Å². The predicted molar refractivity (Wildman–Crippen MR) is 193 cm³/mol. The van der Waals surface area contributed by atoms with Gasteiger partial charge in [0.1, 0.15) is 29.7 Å². The van der Waals surface area contributed by atoms with E-state index < -0.39 is 42.5 Å². The van der Waals surface area contributed by atoms with Gasteiger partial charge in [0.25, 0.3) is 6.43 Å². The van der Waals surface area contributed by atoms with E-state index in [9.17, 15) is 28.6 Å². The summed E-state index contributed by atoms with van der Waals surface area (Å²) in [5.74, 6) is 0.449. The van der Waals surface area contributed by atoms with Gasteiger partial charge in [-0.15, -0.1) is 0 Å². The minimum Gasteiger partial charge on any atom is -0.491 e. The number of aromatic nitrogens is 1. The Kier molecular flexibility index (Phi) is 13.3. The van der Waals surface area contributed by atoms with Gasteiger partial charge in [-0.25, -0.2) is 8.78 Å².